The van der Waals surface area contributed by atoms with Crippen LogP contribution in [0.3, 0.4) is 0 Å². The highest BCUT2D eigenvalue weighted by Gasteiger charge is 2.34. The number of thioether (sulfide) groups is 1. The second-order valence-corrected chi connectivity index (χ2v) is 9.64. The fourth-order valence-corrected chi connectivity index (χ4v) is 4.86. The molecular formula is C18H11Br2N3O4S3. The van der Waals surface area contributed by atoms with E-state index in [2.05, 4.69) is 42.6 Å². The Labute approximate surface area is 202 Å². The predicted molar refractivity (Wildman–Crippen MR) is 131 cm³/mol. The van der Waals surface area contributed by atoms with Crippen LogP contribution in [0.4, 0.5) is 5.69 Å². The maximum Gasteiger partial charge on any atom is 0.285 e. The quantitative estimate of drug-likeness (QED) is 0.239. The Kier molecular flexibility index (Phi) is 7.14. The Balaban J connectivity index is 1.72. The number of nitrogens with zero attached hydrogens (tertiary/aromatic N) is 1. The first-order chi connectivity index (χ1) is 14.2. The largest absolute Gasteiger partial charge is 0.508 e. The number of hydrogen-bond donors (Lipinski definition) is 4. The summed E-state index contributed by atoms with van der Waals surface area (Å²) in [5, 5.41) is 23.0. The molecule has 1 saturated heterocycles. The number of thiocarbonyl (C=S) groups is 2. The van der Waals surface area contributed by atoms with Crippen molar-refractivity contribution in [2.75, 3.05) is 5.32 Å². The molecule has 154 valence electrons. The minimum absolute atomic E-state index is 0.0276. The predicted octanol–water partition coefficient (Wildman–Crippen LogP) is 4.29. The zero-order chi connectivity index (χ0) is 22.0. The van der Waals surface area contributed by atoms with Crippen LogP contribution in [0.1, 0.15) is 5.56 Å². The summed E-state index contributed by atoms with van der Waals surface area (Å²) >= 11 is 17.8. The van der Waals surface area contributed by atoms with E-state index >= 15 is 0 Å². The van der Waals surface area contributed by atoms with Gasteiger partial charge in [0.2, 0.25) is 0 Å². The van der Waals surface area contributed by atoms with Gasteiger partial charge in [-0.15, -0.1) is 0 Å². The van der Waals surface area contributed by atoms with Crippen molar-refractivity contribution in [3.8, 4) is 11.5 Å². The van der Waals surface area contributed by atoms with Gasteiger partial charge < -0.3 is 15.5 Å². The molecule has 2 amide bonds. The molecule has 0 aromatic heterocycles. The number of rotatable bonds is 3. The number of hydrazine groups is 1. The van der Waals surface area contributed by atoms with E-state index in [9.17, 15) is 19.8 Å². The van der Waals surface area contributed by atoms with Crippen molar-refractivity contribution >= 4 is 101 Å². The van der Waals surface area contributed by atoms with Crippen LogP contribution in [-0.2, 0) is 9.59 Å². The van der Waals surface area contributed by atoms with Crippen LogP contribution < -0.4 is 10.7 Å². The van der Waals surface area contributed by atoms with Gasteiger partial charge in [-0.05, 0) is 70.6 Å². The average Bonchev–Trinajstić information content (AvgIpc) is 2.94. The van der Waals surface area contributed by atoms with Crippen LogP contribution in [0, 0.1) is 0 Å². The third-order valence-electron chi connectivity index (χ3n) is 3.68. The first-order valence-electron chi connectivity index (χ1n) is 8.02. The van der Waals surface area contributed by atoms with Crippen molar-refractivity contribution < 1.29 is 19.8 Å². The van der Waals surface area contributed by atoms with E-state index in [4.69, 9.17) is 24.4 Å². The molecule has 0 radical (unpaired) electrons. The first kappa shape index (κ1) is 22.7. The number of hydrogen-bond acceptors (Lipinski definition) is 7. The van der Waals surface area contributed by atoms with Crippen molar-refractivity contribution in [2.24, 2.45) is 0 Å². The van der Waals surface area contributed by atoms with Gasteiger partial charge in [-0.1, -0.05) is 39.9 Å². The first-order valence-corrected chi connectivity index (χ1v) is 11.2. The molecule has 0 saturated carbocycles. The number of aromatic hydroxyl groups is 2. The Morgan fingerprint density at radius 3 is 2.50 bits per heavy atom. The van der Waals surface area contributed by atoms with Gasteiger partial charge in [-0.25, -0.2) is 0 Å². The summed E-state index contributed by atoms with van der Waals surface area (Å²) in [6.07, 6.45) is 1.49. The van der Waals surface area contributed by atoms with Crippen LogP contribution in [0.5, 0.6) is 11.5 Å². The molecule has 1 aliphatic rings. The highest BCUT2D eigenvalue weighted by Crippen LogP contribution is 2.37. The lowest BCUT2D eigenvalue weighted by atomic mass is 10.2. The SMILES string of the molecule is O=C(Nc1ccc(O)cc1)C(=S)NN1C(=O)/C(=C\c2cc(Br)cc(Br)c2O)SC1=S. The number of amides is 2. The standard InChI is InChI=1S/C18H11Br2N3O4S3/c19-9-5-8(14(25)12(20)7-9)6-13-17(27)23(18(29)30-13)22-16(28)15(26)21-10-1-3-11(24)4-2-10/h1-7,24-25H,(H,21,26)(H,22,28)/b13-6+. The van der Waals surface area contributed by atoms with Gasteiger partial charge in [-0.3, -0.25) is 15.0 Å². The maximum absolute atomic E-state index is 12.7. The number of nitrogens with one attached hydrogen (secondary N) is 2. The third-order valence-corrected chi connectivity index (χ3v) is 6.32. The summed E-state index contributed by atoms with van der Waals surface area (Å²) in [7, 11) is 0. The van der Waals surface area contributed by atoms with Gasteiger partial charge in [0.15, 0.2) is 9.31 Å². The zero-order valence-corrected chi connectivity index (χ0v) is 20.3. The van der Waals surface area contributed by atoms with Gasteiger partial charge in [0.1, 0.15) is 11.5 Å². The minimum Gasteiger partial charge on any atom is -0.508 e. The van der Waals surface area contributed by atoms with Crippen molar-refractivity contribution in [2.45, 2.75) is 0 Å². The Hall–Kier alpha value is -1.99. The minimum atomic E-state index is -0.651. The number of carbonyl (C=O) groups is 2. The van der Waals surface area contributed by atoms with Gasteiger partial charge >= 0.3 is 0 Å². The molecule has 1 aliphatic heterocycles. The van der Waals surface area contributed by atoms with Crippen molar-refractivity contribution in [1.29, 1.82) is 0 Å². The number of phenols is 2. The molecule has 2 aromatic carbocycles. The molecule has 1 heterocycles. The second-order valence-electron chi connectivity index (χ2n) is 5.78. The maximum atomic E-state index is 12.7. The highest BCUT2D eigenvalue weighted by molar-refractivity contribution is 9.11. The Bertz CT molecular complexity index is 1110. The molecule has 0 bridgehead atoms. The molecule has 30 heavy (non-hydrogen) atoms. The number of carbonyl (C=O) groups excluding carboxylic acids is 2. The Morgan fingerprint density at radius 1 is 1.17 bits per heavy atom. The molecule has 7 nitrogen and oxygen atoms in total. The van der Waals surface area contributed by atoms with E-state index in [-0.39, 0.29) is 25.7 Å². The smallest absolute Gasteiger partial charge is 0.285 e. The van der Waals surface area contributed by atoms with E-state index in [0.717, 1.165) is 16.8 Å². The zero-order valence-electron chi connectivity index (χ0n) is 14.7. The summed E-state index contributed by atoms with van der Waals surface area (Å²) in [6, 6.07) is 9.14. The lowest BCUT2D eigenvalue weighted by Gasteiger charge is -2.17. The molecule has 2 aromatic rings. The summed E-state index contributed by atoms with van der Waals surface area (Å²) in [6.45, 7) is 0. The van der Waals surface area contributed by atoms with Gasteiger partial charge in [0.05, 0.1) is 9.38 Å². The van der Waals surface area contributed by atoms with Crippen molar-refractivity contribution in [3.63, 3.8) is 0 Å². The Morgan fingerprint density at radius 2 is 1.83 bits per heavy atom. The molecule has 1 fully saturated rings. The molecule has 12 heteroatoms. The summed E-state index contributed by atoms with van der Waals surface area (Å²) in [5.74, 6) is -1.13. The van der Waals surface area contributed by atoms with E-state index in [0.29, 0.717) is 20.2 Å². The molecule has 0 unspecified atom stereocenters. The topological polar surface area (TPSA) is 102 Å². The second kappa shape index (κ2) is 9.43. The van der Waals surface area contributed by atoms with Gasteiger partial charge in [0.25, 0.3) is 11.8 Å². The monoisotopic (exact) mass is 587 g/mol. The summed E-state index contributed by atoms with van der Waals surface area (Å²) in [4.78, 5) is 25.0. The molecule has 4 N–H and O–H groups in total. The van der Waals surface area contributed by atoms with E-state index in [1.54, 1.807) is 12.1 Å². The normalized spacial score (nSPS) is 14.9. The number of halogens is 2. The summed E-state index contributed by atoms with van der Waals surface area (Å²) < 4.78 is 1.32. The van der Waals surface area contributed by atoms with Crippen LogP contribution in [0.2, 0.25) is 0 Å². The fraction of sp³-hybridized carbons (Fsp3) is 0. The van der Waals surface area contributed by atoms with Crippen molar-refractivity contribution in [1.82, 2.24) is 10.4 Å². The number of benzene rings is 2. The summed E-state index contributed by atoms with van der Waals surface area (Å²) in [5.41, 5.74) is 3.36. The van der Waals surface area contributed by atoms with E-state index < -0.39 is 11.8 Å². The molecule has 3 rings (SSSR count). The van der Waals surface area contributed by atoms with Gasteiger partial charge in [0, 0.05) is 15.7 Å². The number of phenolic OH excluding ortho intramolecular Hbond substituents is 2. The van der Waals surface area contributed by atoms with E-state index in [1.165, 1.54) is 30.3 Å². The molecule has 0 atom stereocenters. The molecular weight excluding hydrogens is 578 g/mol. The average molecular weight is 589 g/mol. The van der Waals surface area contributed by atoms with Crippen LogP contribution >= 0.6 is 68.1 Å². The van der Waals surface area contributed by atoms with E-state index in [1.807, 2.05) is 0 Å². The number of anilines is 1. The fourth-order valence-electron chi connectivity index (χ4n) is 2.29. The third kappa shape index (κ3) is 5.19. The molecule has 0 aliphatic carbocycles. The van der Waals surface area contributed by atoms with Gasteiger partial charge in [-0.2, -0.15) is 5.01 Å². The highest BCUT2D eigenvalue weighted by atomic mass is 79.9. The lowest BCUT2D eigenvalue weighted by Crippen LogP contribution is -2.48. The van der Waals surface area contributed by atoms with Crippen LogP contribution in [0.15, 0.2) is 50.2 Å². The lowest BCUT2D eigenvalue weighted by molar-refractivity contribution is -0.123. The van der Waals surface area contributed by atoms with Crippen LogP contribution in [0.25, 0.3) is 6.08 Å². The molecule has 0 spiro atoms. The van der Waals surface area contributed by atoms with Crippen LogP contribution in [-0.4, -0.2) is 36.3 Å². The van der Waals surface area contributed by atoms with Crippen molar-refractivity contribution in [3.05, 3.63) is 55.8 Å².